The summed E-state index contributed by atoms with van der Waals surface area (Å²) in [6, 6.07) is 18.4. The summed E-state index contributed by atoms with van der Waals surface area (Å²) in [5, 5.41) is 11.8. The lowest BCUT2D eigenvalue weighted by Crippen LogP contribution is -2.14. The van der Waals surface area contributed by atoms with Crippen LogP contribution in [0.1, 0.15) is 11.1 Å². The topological polar surface area (TPSA) is 80.6 Å². The van der Waals surface area contributed by atoms with E-state index in [1.54, 1.807) is 24.3 Å². The van der Waals surface area contributed by atoms with E-state index in [9.17, 15) is 14.4 Å². The molecule has 0 spiro atoms. The second-order valence-electron chi connectivity index (χ2n) is 6.77. The van der Waals surface area contributed by atoms with Crippen molar-refractivity contribution in [2.45, 2.75) is 6.61 Å². The Morgan fingerprint density at radius 1 is 1.16 bits per heavy atom. The van der Waals surface area contributed by atoms with Crippen LogP contribution in [0.4, 0.5) is 10.1 Å². The number of rotatable bonds is 6. The van der Waals surface area contributed by atoms with E-state index in [4.69, 9.17) is 14.2 Å². The van der Waals surface area contributed by atoms with E-state index in [1.807, 2.05) is 24.3 Å². The van der Waals surface area contributed by atoms with Crippen molar-refractivity contribution in [2.75, 3.05) is 12.1 Å². The van der Waals surface area contributed by atoms with E-state index in [1.165, 1.54) is 24.3 Å². The highest BCUT2D eigenvalue weighted by molar-refractivity contribution is 9.10. The predicted molar refractivity (Wildman–Crippen MR) is 120 cm³/mol. The van der Waals surface area contributed by atoms with E-state index in [0.717, 1.165) is 5.56 Å². The van der Waals surface area contributed by atoms with Gasteiger partial charge in [-0.05, 0) is 69.5 Å². The number of hydrogen-bond donors (Lipinski definition) is 1. The van der Waals surface area contributed by atoms with Crippen LogP contribution in [0.25, 0.3) is 6.08 Å². The highest BCUT2D eigenvalue weighted by Crippen LogP contribution is 2.33. The molecule has 1 amide bonds. The van der Waals surface area contributed by atoms with E-state index >= 15 is 0 Å². The average molecular weight is 495 g/mol. The van der Waals surface area contributed by atoms with Gasteiger partial charge in [-0.1, -0.05) is 24.3 Å². The van der Waals surface area contributed by atoms with Gasteiger partial charge in [0.2, 0.25) is 6.79 Å². The van der Waals surface area contributed by atoms with Crippen molar-refractivity contribution in [1.29, 1.82) is 5.26 Å². The number of carbonyl (C=O) groups excluding carboxylic acids is 1. The van der Waals surface area contributed by atoms with Crippen LogP contribution in [0.3, 0.4) is 0 Å². The normalized spacial score (nSPS) is 12.2. The highest BCUT2D eigenvalue weighted by Gasteiger charge is 2.14. The van der Waals surface area contributed by atoms with Crippen molar-refractivity contribution in [2.24, 2.45) is 0 Å². The molecule has 8 heteroatoms. The minimum absolute atomic E-state index is 0.00657. The highest BCUT2D eigenvalue weighted by atomic mass is 79.9. The number of para-hydroxylation sites is 1. The fraction of sp³-hybridized carbons (Fsp3) is 0.0833. The lowest BCUT2D eigenvalue weighted by molar-refractivity contribution is -0.112. The number of fused-ring (bicyclic) bond motifs is 1. The number of amides is 1. The summed E-state index contributed by atoms with van der Waals surface area (Å²) >= 11 is 3.45. The molecule has 32 heavy (non-hydrogen) atoms. The molecule has 0 fully saturated rings. The van der Waals surface area contributed by atoms with Gasteiger partial charge < -0.3 is 19.5 Å². The Morgan fingerprint density at radius 3 is 2.75 bits per heavy atom. The van der Waals surface area contributed by atoms with Crippen LogP contribution < -0.4 is 19.5 Å². The summed E-state index contributed by atoms with van der Waals surface area (Å²) in [5.41, 5.74) is 1.37. The molecule has 3 aromatic carbocycles. The number of ether oxygens (including phenoxy) is 3. The van der Waals surface area contributed by atoms with E-state index < -0.39 is 11.7 Å². The van der Waals surface area contributed by atoms with Crippen molar-refractivity contribution in [1.82, 2.24) is 0 Å². The molecule has 3 aromatic rings. The number of anilines is 1. The molecule has 0 unspecified atom stereocenters. The zero-order chi connectivity index (χ0) is 22.5. The quantitative estimate of drug-likeness (QED) is 0.364. The maximum atomic E-state index is 13.8. The van der Waals surface area contributed by atoms with Crippen molar-refractivity contribution in [3.8, 4) is 23.3 Å². The van der Waals surface area contributed by atoms with Crippen LogP contribution in [-0.4, -0.2) is 12.7 Å². The van der Waals surface area contributed by atoms with Crippen molar-refractivity contribution >= 4 is 33.6 Å². The largest absolute Gasteiger partial charge is 0.488 e. The van der Waals surface area contributed by atoms with Crippen molar-refractivity contribution in [3.63, 3.8) is 0 Å². The summed E-state index contributed by atoms with van der Waals surface area (Å²) in [7, 11) is 0. The summed E-state index contributed by atoms with van der Waals surface area (Å²) in [6.07, 6.45) is 1.42. The number of nitrogens with zero attached hydrogens (tertiary/aromatic N) is 1. The first-order valence-electron chi connectivity index (χ1n) is 9.52. The van der Waals surface area contributed by atoms with Gasteiger partial charge in [0.15, 0.2) is 11.5 Å². The Balaban J connectivity index is 1.44. The molecule has 0 aromatic heterocycles. The lowest BCUT2D eigenvalue weighted by Gasteiger charge is -2.10. The van der Waals surface area contributed by atoms with Gasteiger partial charge in [0.25, 0.3) is 5.91 Å². The summed E-state index contributed by atoms with van der Waals surface area (Å²) in [6.45, 7) is 0.530. The van der Waals surface area contributed by atoms with Crippen molar-refractivity contribution in [3.05, 3.63) is 87.7 Å². The molecule has 0 atom stereocenters. The van der Waals surface area contributed by atoms with Gasteiger partial charge in [-0.2, -0.15) is 5.26 Å². The Labute approximate surface area is 192 Å². The Morgan fingerprint density at radius 2 is 1.97 bits per heavy atom. The van der Waals surface area contributed by atoms with Gasteiger partial charge in [-0.3, -0.25) is 4.79 Å². The minimum atomic E-state index is -0.697. The monoisotopic (exact) mass is 494 g/mol. The molecule has 0 saturated carbocycles. The first kappa shape index (κ1) is 21.4. The zero-order valence-corrected chi connectivity index (χ0v) is 18.2. The second-order valence-corrected chi connectivity index (χ2v) is 7.62. The third-order valence-corrected chi connectivity index (χ3v) is 5.21. The zero-order valence-electron chi connectivity index (χ0n) is 16.6. The molecule has 6 nitrogen and oxygen atoms in total. The molecule has 4 rings (SSSR count). The molecule has 1 N–H and O–H groups in total. The number of halogens is 2. The first-order chi connectivity index (χ1) is 15.5. The maximum Gasteiger partial charge on any atom is 0.266 e. The second kappa shape index (κ2) is 9.54. The molecule has 0 bridgehead atoms. The molecule has 0 radical (unpaired) electrons. The Kier molecular flexibility index (Phi) is 6.38. The van der Waals surface area contributed by atoms with Crippen LogP contribution in [0, 0.1) is 17.1 Å². The smallest absolute Gasteiger partial charge is 0.266 e. The van der Waals surface area contributed by atoms with Crippen molar-refractivity contribution < 1.29 is 23.4 Å². The fourth-order valence-electron chi connectivity index (χ4n) is 2.98. The molecular weight excluding hydrogens is 479 g/mol. The molecule has 0 saturated heterocycles. The Bertz CT molecular complexity index is 1250. The molecule has 1 aliphatic heterocycles. The maximum absolute atomic E-state index is 13.8. The molecule has 160 valence electrons. The number of nitrogens with one attached hydrogen (secondary N) is 1. The number of hydrogen-bond acceptors (Lipinski definition) is 5. The third-order valence-electron chi connectivity index (χ3n) is 4.59. The standard InChI is InChI=1S/C24H16BrFN2O4/c25-18-10-15(9-17(12-27)24(29)28-20-4-2-1-3-19(20)26)5-7-21(18)30-13-16-6-8-22-23(11-16)32-14-31-22/h1-11H,13-14H2,(H,28,29)/b17-9-. The minimum Gasteiger partial charge on any atom is -0.488 e. The lowest BCUT2D eigenvalue weighted by atomic mass is 10.1. The molecule has 1 heterocycles. The summed E-state index contributed by atoms with van der Waals surface area (Å²) < 4.78 is 30.9. The number of nitriles is 1. The van der Waals surface area contributed by atoms with Gasteiger partial charge in [-0.25, -0.2) is 4.39 Å². The first-order valence-corrected chi connectivity index (χ1v) is 10.3. The average Bonchev–Trinajstić information content (AvgIpc) is 3.26. The predicted octanol–water partition coefficient (Wildman–Crippen LogP) is 5.44. The van der Waals surface area contributed by atoms with Crippen LogP contribution in [0.5, 0.6) is 17.2 Å². The summed E-state index contributed by atoms with van der Waals surface area (Å²) in [5.74, 6) is 0.706. The van der Waals surface area contributed by atoms with Crippen LogP contribution in [0.15, 0.2) is 70.7 Å². The molecule has 1 aliphatic rings. The number of benzene rings is 3. The van der Waals surface area contributed by atoms with Gasteiger partial charge in [0, 0.05) is 0 Å². The van der Waals surface area contributed by atoms with Gasteiger partial charge in [-0.15, -0.1) is 0 Å². The number of carbonyl (C=O) groups is 1. The van der Waals surface area contributed by atoms with Gasteiger partial charge in [0.1, 0.15) is 29.8 Å². The van der Waals surface area contributed by atoms with Gasteiger partial charge >= 0.3 is 0 Å². The van der Waals surface area contributed by atoms with Crippen LogP contribution in [0.2, 0.25) is 0 Å². The van der Waals surface area contributed by atoms with Crippen LogP contribution in [-0.2, 0) is 11.4 Å². The van der Waals surface area contributed by atoms with Crippen LogP contribution >= 0.6 is 15.9 Å². The van der Waals surface area contributed by atoms with E-state index in [2.05, 4.69) is 21.2 Å². The third kappa shape index (κ3) is 4.90. The van der Waals surface area contributed by atoms with Gasteiger partial charge in [0.05, 0.1) is 10.2 Å². The fourth-order valence-corrected chi connectivity index (χ4v) is 3.49. The molecular formula is C24H16BrFN2O4. The van der Waals surface area contributed by atoms with E-state index in [-0.39, 0.29) is 18.1 Å². The molecule has 0 aliphatic carbocycles. The SMILES string of the molecule is N#C/C(=C/c1ccc(OCc2ccc3c(c2)OCO3)c(Br)c1)C(=O)Nc1ccccc1F. The van der Waals surface area contributed by atoms with E-state index in [0.29, 0.717) is 33.9 Å². The Hall–Kier alpha value is -3.83. The summed E-state index contributed by atoms with van der Waals surface area (Å²) in [4.78, 5) is 12.4.